The number of nitrogens with one attached hydrogen (secondary N) is 1. The number of rotatable bonds is 3. The first-order valence-electron chi connectivity index (χ1n) is 5.41. The molecule has 3 N–H and O–H groups in total. The van der Waals surface area contributed by atoms with Crippen LogP contribution in [-0.2, 0) is 7.05 Å². The van der Waals surface area contributed by atoms with E-state index in [1.807, 2.05) is 0 Å². The van der Waals surface area contributed by atoms with E-state index in [2.05, 4.69) is 5.10 Å². The number of benzene rings is 1. The Kier molecular flexibility index (Phi) is 3.44. The van der Waals surface area contributed by atoms with Gasteiger partial charge in [0.1, 0.15) is 23.0 Å². The number of halogens is 2. The Balaban J connectivity index is 2.43. The molecule has 1 aromatic carbocycles. The molecule has 100 valence electrons. The first-order chi connectivity index (χ1) is 8.90. The summed E-state index contributed by atoms with van der Waals surface area (Å²) < 4.78 is 20.1. The van der Waals surface area contributed by atoms with E-state index < -0.39 is 5.82 Å². The maximum Gasteiger partial charge on any atom is 0.228 e. The van der Waals surface area contributed by atoms with Gasteiger partial charge in [-0.1, -0.05) is 11.6 Å². The van der Waals surface area contributed by atoms with Gasteiger partial charge in [0.2, 0.25) is 5.88 Å². The van der Waals surface area contributed by atoms with Crippen LogP contribution in [0.15, 0.2) is 18.2 Å². The highest BCUT2D eigenvalue weighted by Gasteiger charge is 2.18. The monoisotopic (exact) mass is 282 g/mol. The van der Waals surface area contributed by atoms with Crippen molar-refractivity contribution in [2.75, 3.05) is 0 Å². The van der Waals surface area contributed by atoms with Crippen molar-refractivity contribution in [3.05, 3.63) is 40.3 Å². The smallest absolute Gasteiger partial charge is 0.228 e. The predicted octanol–water partition coefficient (Wildman–Crippen LogP) is 2.60. The zero-order chi connectivity index (χ0) is 14.2. The highest BCUT2D eigenvalue weighted by Crippen LogP contribution is 2.29. The van der Waals surface area contributed by atoms with Gasteiger partial charge in [-0.25, -0.2) is 9.07 Å². The molecule has 0 unspecified atom stereocenters. The molecule has 2 aromatic rings. The van der Waals surface area contributed by atoms with E-state index in [4.69, 9.17) is 27.5 Å². The Morgan fingerprint density at radius 1 is 1.53 bits per heavy atom. The van der Waals surface area contributed by atoms with Crippen LogP contribution in [0.1, 0.15) is 11.3 Å². The van der Waals surface area contributed by atoms with Gasteiger partial charge in [-0.05, 0) is 19.1 Å². The van der Waals surface area contributed by atoms with Gasteiger partial charge in [0.05, 0.1) is 10.7 Å². The van der Waals surface area contributed by atoms with E-state index in [-0.39, 0.29) is 10.9 Å². The van der Waals surface area contributed by atoms with Gasteiger partial charge >= 0.3 is 0 Å². The van der Waals surface area contributed by atoms with Crippen LogP contribution in [0.4, 0.5) is 4.39 Å². The molecule has 0 amide bonds. The van der Waals surface area contributed by atoms with Crippen molar-refractivity contribution >= 4 is 17.4 Å². The minimum atomic E-state index is -0.526. The molecule has 5 nitrogen and oxygen atoms in total. The summed E-state index contributed by atoms with van der Waals surface area (Å²) in [5.41, 5.74) is 6.49. The van der Waals surface area contributed by atoms with Crippen LogP contribution in [0, 0.1) is 18.2 Å². The second-order valence-electron chi connectivity index (χ2n) is 3.98. The molecule has 19 heavy (non-hydrogen) atoms. The minimum Gasteiger partial charge on any atom is -0.438 e. The van der Waals surface area contributed by atoms with Crippen LogP contribution >= 0.6 is 11.6 Å². The summed E-state index contributed by atoms with van der Waals surface area (Å²) in [5.74, 6) is -0.0135. The first kappa shape index (κ1) is 13.4. The molecule has 0 aliphatic rings. The molecule has 0 spiro atoms. The predicted molar refractivity (Wildman–Crippen MR) is 70.4 cm³/mol. The van der Waals surface area contributed by atoms with E-state index in [0.717, 1.165) is 0 Å². The Hall–Kier alpha value is -2.08. The van der Waals surface area contributed by atoms with Crippen LogP contribution < -0.4 is 10.5 Å². The molecule has 7 heteroatoms. The quantitative estimate of drug-likeness (QED) is 0.671. The Labute approximate surface area is 114 Å². The number of amidine groups is 1. The average molecular weight is 283 g/mol. The summed E-state index contributed by atoms with van der Waals surface area (Å²) in [7, 11) is 1.67. The lowest BCUT2D eigenvalue weighted by Crippen LogP contribution is -2.13. The Bertz CT molecular complexity index is 653. The van der Waals surface area contributed by atoms with Gasteiger partial charge in [-0.2, -0.15) is 5.10 Å². The molecule has 0 aliphatic heterocycles. The Morgan fingerprint density at radius 2 is 2.21 bits per heavy atom. The maximum absolute atomic E-state index is 13.1. The number of nitrogens with zero attached hydrogens (tertiary/aromatic N) is 2. The fourth-order valence-electron chi connectivity index (χ4n) is 1.72. The summed E-state index contributed by atoms with van der Waals surface area (Å²) in [5, 5.41) is 11.6. The number of ether oxygens (including phenoxy) is 1. The van der Waals surface area contributed by atoms with Crippen molar-refractivity contribution in [3.63, 3.8) is 0 Å². The van der Waals surface area contributed by atoms with Crippen molar-refractivity contribution in [3.8, 4) is 11.6 Å². The highest BCUT2D eigenvalue weighted by molar-refractivity contribution is 6.30. The van der Waals surface area contributed by atoms with Gasteiger partial charge in [0.25, 0.3) is 0 Å². The summed E-state index contributed by atoms with van der Waals surface area (Å²) in [4.78, 5) is 0. The van der Waals surface area contributed by atoms with E-state index in [0.29, 0.717) is 22.9 Å². The van der Waals surface area contributed by atoms with Gasteiger partial charge in [0.15, 0.2) is 0 Å². The third kappa shape index (κ3) is 2.53. The van der Waals surface area contributed by atoms with E-state index in [1.54, 1.807) is 14.0 Å². The summed E-state index contributed by atoms with van der Waals surface area (Å²) >= 11 is 5.68. The molecule has 0 saturated carbocycles. The van der Waals surface area contributed by atoms with E-state index in [9.17, 15) is 4.39 Å². The number of aryl methyl sites for hydroxylation is 2. The van der Waals surface area contributed by atoms with Crippen LogP contribution in [0.25, 0.3) is 0 Å². The second-order valence-corrected chi connectivity index (χ2v) is 4.39. The standard InChI is InChI=1S/C12H12ClFN4O/c1-6-10(11(15)16)12(18(2)17-6)19-7-3-4-9(14)8(13)5-7/h3-5H,1-2H3,(H3,15,16). The molecule has 1 heterocycles. The fraction of sp³-hybridized carbons (Fsp3) is 0.167. The van der Waals surface area contributed by atoms with E-state index in [1.165, 1.54) is 22.9 Å². The van der Waals surface area contributed by atoms with Crippen LogP contribution in [0.2, 0.25) is 5.02 Å². The average Bonchev–Trinajstić information content (AvgIpc) is 2.59. The van der Waals surface area contributed by atoms with Crippen molar-refractivity contribution in [1.29, 1.82) is 5.41 Å². The highest BCUT2D eigenvalue weighted by atomic mass is 35.5. The number of nitrogen functional groups attached to an aromatic ring is 1. The minimum absolute atomic E-state index is 0.0410. The van der Waals surface area contributed by atoms with Crippen molar-refractivity contribution in [1.82, 2.24) is 9.78 Å². The van der Waals surface area contributed by atoms with Gasteiger partial charge in [0, 0.05) is 13.1 Å². The van der Waals surface area contributed by atoms with Crippen molar-refractivity contribution < 1.29 is 9.13 Å². The lowest BCUT2D eigenvalue weighted by atomic mass is 10.2. The molecule has 2 rings (SSSR count). The molecule has 0 aliphatic carbocycles. The molecule has 0 radical (unpaired) electrons. The third-order valence-corrected chi connectivity index (χ3v) is 2.83. The normalized spacial score (nSPS) is 10.5. The number of hydrogen-bond donors (Lipinski definition) is 2. The third-order valence-electron chi connectivity index (χ3n) is 2.54. The van der Waals surface area contributed by atoms with E-state index >= 15 is 0 Å². The topological polar surface area (TPSA) is 76.9 Å². The van der Waals surface area contributed by atoms with Crippen LogP contribution in [0.3, 0.4) is 0 Å². The van der Waals surface area contributed by atoms with Gasteiger partial charge in [-0.3, -0.25) is 5.41 Å². The summed E-state index contributed by atoms with van der Waals surface area (Å²) in [6.07, 6.45) is 0. The first-order valence-corrected chi connectivity index (χ1v) is 5.79. The summed E-state index contributed by atoms with van der Waals surface area (Å²) in [6, 6.07) is 3.99. The lowest BCUT2D eigenvalue weighted by molar-refractivity contribution is 0.428. The zero-order valence-corrected chi connectivity index (χ0v) is 11.1. The lowest BCUT2D eigenvalue weighted by Gasteiger charge is -2.08. The number of hydrogen-bond acceptors (Lipinski definition) is 3. The Morgan fingerprint density at radius 3 is 2.79 bits per heavy atom. The maximum atomic E-state index is 13.1. The number of nitrogens with two attached hydrogens (primary N) is 1. The zero-order valence-electron chi connectivity index (χ0n) is 10.4. The van der Waals surface area contributed by atoms with Crippen molar-refractivity contribution in [2.24, 2.45) is 12.8 Å². The molecule has 0 atom stereocenters. The SMILES string of the molecule is Cc1nn(C)c(Oc2ccc(F)c(Cl)c2)c1C(=N)N. The largest absolute Gasteiger partial charge is 0.438 e. The molecule has 0 fully saturated rings. The molecular formula is C12H12ClFN4O. The van der Waals surface area contributed by atoms with Crippen LogP contribution in [-0.4, -0.2) is 15.6 Å². The fourth-order valence-corrected chi connectivity index (χ4v) is 1.89. The second kappa shape index (κ2) is 4.89. The molecule has 0 bridgehead atoms. The summed E-state index contributed by atoms with van der Waals surface area (Å²) in [6.45, 7) is 1.72. The van der Waals surface area contributed by atoms with Gasteiger partial charge < -0.3 is 10.5 Å². The molecule has 0 saturated heterocycles. The van der Waals surface area contributed by atoms with Crippen LogP contribution in [0.5, 0.6) is 11.6 Å². The number of aromatic nitrogens is 2. The van der Waals surface area contributed by atoms with Crippen molar-refractivity contribution in [2.45, 2.75) is 6.92 Å². The molecular weight excluding hydrogens is 271 g/mol. The molecule has 1 aromatic heterocycles. The van der Waals surface area contributed by atoms with Gasteiger partial charge in [-0.15, -0.1) is 0 Å².